The molecular formula is C14H22N2O2S. The Hall–Kier alpha value is -1.10. The zero-order chi connectivity index (χ0) is 13.8. The summed E-state index contributed by atoms with van der Waals surface area (Å²) in [6, 6.07) is 0.472. The lowest BCUT2D eigenvalue weighted by atomic mass is 10.3. The highest BCUT2D eigenvalue weighted by Gasteiger charge is 2.16. The van der Waals surface area contributed by atoms with Crippen LogP contribution in [-0.2, 0) is 23.0 Å². The minimum atomic E-state index is -0.161. The van der Waals surface area contributed by atoms with E-state index in [1.165, 1.54) is 25.7 Å². The average molecular weight is 282 g/mol. The third-order valence-corrected chi connectivity index (χ3v) is 4.68. The van der Waals surface area contributed by atoms with Gasteiger partial charge in [0.05, 0.1) is 19.1 Å². The van der Waals surface area contributed by atoms with Crippen LogP contribution in [0.15, 0.2) is 4.99 Å². The Morgan fingerprint density at radius 2 is 2.16 bits per heavy atom. The summed E-state index contributed by atoms with van der Waals surface area (Å²) in [6.45, 7) is 4.32. The fourth-order valence-electron chi connectivity index (χ4n) is 2.51. The molecule has 0 atom stereocenters. The van der Waals surface area contributed by atoms with E-state index < -0.39 is 0 Å². The van der Waals surface area contributed by atoms with Crippen molar-refractivity contribution < 1.29 is 9.53 Å². The van der Waals surface area contributed by atoms with E-state index in [2.05, 4.69) is 4.57 Å². The molecule has 0 amide bonds. The number of hydrogen-bond donors (Lipinski definition) is 0. The second-order valence-electron chi connectivity index (χ2n) is 5.00. The van der Waals surface area contributed by atoms with Crippen LogP contribution in [0.1, 0.15) is 43.2 Å². The molecule has 106 valence electrons. The number of esters is 1. The van der Waals surface area contributed by atoms with Crippen LogP contribution >= 0.6 is 11.3 Å². The molecule has 1 fully saturated rings. The molecule has 2 rings (SSSR count). The van der Waals surface area contributed by atoms with Crippen LogP contribution in [0, 0.1) is 6.92 Å². The van der Waals surface area contributed by atoms with Crippen molar-refractivity contribution in [1.82, 2.24) is 4.57 Å². The van der Waals surface area contributed by atoms with Gasteiger partial charge < -0.3 is 9.30 Å². The van der Waals surface area contributed by atoms with E-state index >= 15 is 0 Å². The van der Waals surface area contributed by atoms with E-state index in [4.69, 9.17) is 9.73 Å². The van der Waals surface area contributed by atoms with Crippen molar-refractivity contribution in [3.63, 3.8) is 0 Å². The van der Waals surface area contributed by atoms with Crippen LogP contribution in [0.3, 0.4) is 0 Å². The van der Waals surface area contributed by atoms with Crippen LogP contribution in [0.5, 0.6) is 0 Å². The van der Waals surface area contributed by atoms with Gasteiger partial charge in [-0.05, 0) is 26.7 Å². The molecule has 5 heteroatoms. The van der Waals surface area contributed by atoms with Crippen molar-refractivity contribution >= 4 is 17.3 Å². The monoisotopic (exact) mass is 282 g/mol. The van der Waals surface area contributed by atoms with Gasteiger partial charge in [0.1, 0.15) is 0 Å². The second-order valence-corrected chi connectivity index (χ2v) is 6.18. The molecule has 0 N–H and O–H groups in total. The number of carbonyl (C=O) groups excluding carboxylic acids is 1. The van der Waals surface area contributed by atoms with E-state index in [0.29, 0.717) is 19.1 Å². The maximum absolute atomic E-state index is 11.6. The first kappa shape index (κ1) is 14.3. The minimum absolute atomic E-state index is 0.161. The number of aromatic nitrogens is 1. The van der Waals surface area contributed by atoms with Crippen molar-refractivity contribution in [2.75, 3.05) is 6.61 Å². The molecule has 1 aromatic heterocycles. The summed E-state index contributed by atoms with van der Waals surface area (Å²) >= 11 is 1.68. The van der Waals surface area contributed by atoms with Gasteiger partial charge in [0.25, 0.3) is 0 Å². The maximum atomic E-state index is 11.6. The minimum Gasteiger partial charge on any atom is -0.466 e. The van der Waals surface area contributed by atoms with E-state index in [9.17, 15) is 4.79 Å². The SMILES string of the molecule is CCOC(=O)Cc1c(C)sc(=NC2CCCC2)n1C. The number of ether oxygens (including phenoxy) is 1. The quantitative estimate of drug-likeness (QED) is 0.796. The summed E-state index contributed by atoms with van der Waals surface area (Å²) in [5.74, 6) is -0.161. The van der Waals surface area contributed by atoms with Gasteiger partial charge in [-0.3, -0.25) is 9.79 Å². The van der Waals surface area contributed by atoms with Gasteiger partial charge in [-0.1, -0.05) is 12.8 Å². The summed E-state index contributed by atoms with van der Waals surface area (Å²) in [5.41, 5.74) is 1.03. The molecule has 1 saturated carbocycles. The third kappa shape index (κ3) is 3.47. The van der Waals surface area contributed by atoms with E-state index in [1.807, 2.05) is 20.9 Å². The highest BCUT2D eigenvalue weighted by atomic mass is 32.1. The molecule has 1 aliphatic carbocycles. The molecule has 1 aliphatic rings. The number of carbonyl (C=O) groups is 1. The topological polar surface area (TPSA) is 43.6 Å². The van der Waals surface area contributed by atoms with Gasteiger partial charge in [0.2, 0.25) is 0 Å². The van der Waals surface area contributed by atoms with E-state index in [-0.39, 0.29) is 5.97 Å². The van der Waals surface area contributed by atoms with Crippen molar-refractivity contribution in [2.45, 2.75) is 52.0 Å². The molecule has 0 spiro atoms. The average Bonchev–Trinajstić information content (AvgIpc) is 2.95. The molecule has 1 heterocycles. The molecule has 0 radical (unpaired) electrons. The Labute approximate surface area is 118 Å². The summed E-state index contributed by atoms with van der Waals surface area (Å²) in [5, 5.41) is 0. The Kier molecular flexibility index (Phi) is 4.80. The van der Waals surface area contributed by atoms with E-state index in [0.717, 1.165) is 15.4 Å². The smallest absolute Gasteiger partial charge is 0.311 e. The van der Waals surface area contributed by atoms with Crippen LogP contribution in [-0.4, -0.2) is 23.2 Å². The lowest BCUT2D eigenvalue weighted by molar-refractivity contribution is -0.142. The van der Waals surface area contributed by atoms with Crippen molar-refractivity contribution in [3.8, 4) is 0 Å². The fraction of sp³-hybridized carbons (Fsp3) is 0.714. The van der Waals surface area contributed by atoms with Crippen LogP contribution in [0.2, 0.25) is 0 Å². The normalized spacial score (nSPS) is 17.1. The Balaban J connectivity index is 2.21. The first-order chi connectivity index (χ1) is 9.11. The van der Waals surface area contributed by atoms with Crippen LogP contribution < -0.4 is 4.80 Å². The first-order valence-corrected chi connectivity index (χ1v) is 7.78. The Morgan fingerprint density at radius 1 is 1.47 bits per heavy atom. The van der Waals surface area contributed by atoms with Crippen molar-refractivity contribution in [2.24, 2.45) is 12.0 Å². The zero-order valence-electron chi connectivity index (χ0n) is 11.9. The van der Waals surface area contributed by atoms with Crippen LogP contribution in [0.25, 0.3) is 0 Å². The lowest BCUT2D eigenvalue weighted by Crippen LogP contribution is -2.19. The fourth-order valence-corrected chi connectivity index (χ4v) is 3.56. The van der Waals surface area contributed by atoms with Gasteiger partial charge in [-0.15, -0.1) is 11.3 Å². The molecule has 0 aliphatic heterocycles. The molecule has 0 bridgehead atoms. The van der Waals surface area contributed by atoms with Crippen molar-refractivity contribution in [1.29, 1.82) is 0 Å². The van der Waals surface area contributed by atoms with E-state index in [1.54, 1.807) is 11.3 Å². The van der Waals surface area contributed by atoms with Gasteiger partial charge >= 0.3 is 5.97 Å². The second kappa shape index (κ2) is 6.37. The molecule has 19 heavy (non-hydrogen) atoms. The number of thiazole rings is 1. The zero-order valence-corrected chi connectivity index (χ0v) is 12.8. The predicted octanol–water partition coefficient (Wildman–Crippen LogP) is 2.34. The summed E-state index contributed by atoms with van der Waals surface area (Å²) < 4.78 is 7.07. The standard InChI is InChI=1S/C14H22N2O2S/c1-4-18-13(17)9-12-10(2)19-14(16(12)3)15-11-7-5-6-8-11/h11H,4-9H2,1-3H3. The van der Waals surface area contributed by atoms with Gasteiger partial charge in [-0.2, -0.15) is 0 Å². The third-order valence-electron chi connectivity index (χ3n) is 3.58. The summed E-state index contributed by atoms with van der Waals surface area (Å²) in [6.07, 6.45) is 5.32. The molecule has 0 saturated heterocycles. The van der Waals surface area contributed by atoms with Gasteiger partial charge in [0, 0.05) is 17.6 Å². The first-order valence-electron chi connectivity index (χ1n) is 6.96. The Bertz CT molecular complexity index is 510. The molecule has 0 aromatic carbocycles. The molecule has 1 aromatic rings. The predicted molar refractivity (Wildman–Crippen MR) is 76.2 cm³/mol. The number of hydrogen-bond acceptors (Lipinski definition) is 4. The largest absolute Gasteiger partial charge is 0.466 e. The number of aryl methyl sites for hydroxylation is 1. The molecule has 4 nitrogen and oxygen atoms in total. The van der Waals surface area contributed by atoms with Crippen molar-refractivity contribution in [3.05, 3.63) is 15.4 Å². The molecule has 0 unspecified atom stereocenters. The van der Waals surface area contributed by atoms with Gasteiger partial charge in [-0.25, -0.2) is 0 Å². The lowest BCUT2D eigenvalue weighted by Gasteiger charge is -2.05. The van der Waals surface area contributed by atoms with Crippen LogP contribution in [0.4, 0.5) is 0 Å². The Morgan fingerprint density at radius 3 is 2.79 bits per heavy atom. The maximum Gasteiger partial charge on any atom is 0.311 e. The number of nitrogens with zero attached hydrogens (tertiary/aromatic N) is 2. The highest BCUT2D eigenvalue weighted by molar-refractivity contribution is 7.09. The number of rotatable bonds is 4. The van der Waals surface area contributed by atoms with Gasteiger partial charge in [0.15, 0.2) is 4.80 Å². The highest BCUT2D eigenvalue weighted by Crippen LogP contribution is 2.21. The summed E-state index contributed by atoms with van der Waals surface area (Å²) in [7, 11) is 1.99. The molecular weight excluding hydrogens is 260 g/mol. The summed E-state index contributed by atoms with van der Waals surface area (Å²) in [4.78, 5) is 18.6.